The normalized spacial score (nSPS) is 23.0. The Labute approximate surface area is 183 Å². The van der Waals surface area contributed by atoms with Crippen molar-refractivity contribution in [2.75, 3.05) is 0 Å². The van der Waals surface area contributed by atoms with Crippen LogP contribution in [0.15, 0.2) is 41.5 Å². The number of hydrogen-bond donors (Lipinski definition) is 0. The molecule has 0 radical (unpaired) electrons. The standard InChI is InChI=1S/C19H18Br2F3NO.BrH/c1-25-9-14(11-3-2-4-13(7-11)19(22,23)24)18(26)15(10-25)12-5-6-16(20)17(21)8-12;/h2-4,7,9-10,12,16-17H,5-6,8H2,1H3;1H. The largest absolute Gasteiger partial charge is 0.416 e. The Hall–Kier alpha value is -0.600. The first-order chi connectivity index (χ1) is 12.2. The molecule has 3 atom stereocenters. The predicted molar refractivity (Wildman–Crippen MR) is 114 cm³/mol. The highest BCUT2D eigenvalue weighted by Crippen LogP contribution is 2.38. The van der Waals surface area contributed by atoms with Gasteiger partial charge in [0.05, 0.1) is 5.56 Å². The van der Waals surface area contributed by atoms with Crippen molar-refractivity contribution in [2.24, 2.45) is 7.05 Å². The molecule has 1 aliphatic rings. The first kappa shape index (κ1) is 22.7. The van der Waals surface area contributed by atoms with Crippen molar-refractivity contribution in [2.45, 2.75) is 41.0 Å². The zero-order chi connectivity index (χ0) is 19.1. The number of rotatable bonds is 2. The van der Waals surface area contributed by atoms with Crippen LogP contribution in [0.2, 0.25) is 0 Å². The molecule has 8 heteroatoms. The molecule has 3 rings (SSSR count). The van der Waals surface area contributed by atoms with Crippen LogP contribution in [0.1, 0.15) is 36.3 Å². The van der Waals surface area contributed by atoms with Crippen molar-refractivity contribution < 1.29 is 13.2 Å². The van der Waals surface area contributed by atoms with E-state index in [0.717, 1.165) is 31.4 Å². The Kier molecular flexibility index (Phi) is 7.41. The molecule has 1 aliphatic carbocycles. The minimum atomic E-state index is -4.43. The van der Waals surface area contributed by atoms with Crippen LogP contribution in [0.25, 0.3) is 11.1 Å². The van der Waals surface area contributed by atoms with E-state index in [2.05, 4.69) is 31.9 Å². The van der Waals surface area contributed by atoms with Crippen LogP contribution < -0.4 is 5.43 Å². The van der Waals surface area contributed by atoms with Gasteiger partial charge < -0.3 is 4.57 Å². The predicted octanol–water partition coefficient (Wildman–Crippen LogP) is 6.44. The van der Waals surface area contributed by atoms with Crippen LogP contribution >= 0.6 is 48.8 Å². The molecular formula is C19H19Br3F3NO. The highest BCUT2D eigenvalue weighted by atomic mass is 79.9. The summed E-state index contributed by atoms with van der Waals surface area (Å²) in [7, 11) is 1.79. The van der Waals surface area contributed by atoms with E-state index >= 15 is 0 Å². The van der Waals surface area contributed by atoms with Crippen molar-refractivity contribution in [1.29, 1.82) is 0 Å². The highest BCUT2D eigenvalue weighted by Gasteiger charge is 2.32. The minimum Gasteiger partial charge on any atom is -0.356 e. The van der Waals surface area contributed by atoms with Gasteiger partial charge in [0.2, 0.25) is 0 Å². The number of halogens is 6. The third-order valence-electron chi connectivity index (χ3n) is 4.82. The number of nitrogens with zero attached hydrogens (tertiary/aromatic N) is 1. The molecule has 0 aliphatic heterocycles. The molecule has 148 valence electrons. The monoisotopic (exact) mass is 571 g/mol. The Morgan fingerprint density at radius 1 is 1.11 bits per heavy atom. The van der Waals surface area contributed by atoms with E-state index in [1.807, 2.05) is 0 Å². The lowest BCUT2D eigenvalue weighted by Gasteiger charge is -2.30. The smallest absolute Gasteiger partial charge is 0.356 e. The summed E-state index contributed by atoms with van der Waals surface area (Å²) >= 11 is 7.28. The third kappa shape index (κ3) is 5.07. The van der Waals surface area contributed by atoms with Crippen LogP contribution in [-0.4, -0.2) is 14.2 Å². The Balaban J connectivity index is 0.00000261. The van der Waals surface area contributed by atoms with Gasteiger partial charge in [-0.05, 0) is 42.9 Å². The average molecular weight is 574 g/mol. The second-order valence-corrected chi connectivity index (χ2v) is 9.09. The lowest BCUT2D eigenvalue weighted by Crippen LogP contribution is -2.28. The molecule has 0 saturated heterocycles. The summed E-state index contributed by atoms with van der Waals surface area (Å²) in [6.45, 7) is 0. The first-order valence-corrected chi connectivity index (χ1v) is 10.2. The third-order valence-corrected chi connectivity index (χ3v) is 7.63. The molecule has 1 aromatic carbocycles. The fraction of sp³-hybridized carbons (Fsp3) is 0.421. The van der Waals surface area contributed by atoms with E-state index in [4.69, 9.17) is 0 Å². The van der Waals surface area contributed by atoms with Crippen molar-refractivity contribution in [3.05, 3.63) is 58.0 Å². The van der Waals surface area contributed by atoms with Crippen LogP contribution in [0, 0.1) is 0 Å². The molecule has 1 heterocycles. The number of benzene rings is 1. The van der Waals surface area contributed by atoms with Gasteiger partial charge in [0.1, 0.15) is 0 Å². The van der Waals surface area contributed by atoms with Crippen molar-refractivity contribution >= 4 is 48.8 Å². The Morgan fingerprint density at radius 3 is 2.44 bits per heavy atom. The maximum absolute atomic E-state index is 13.0. The summed E-state index contributed by atoms with van der Waals surface area (Å²) in [4.78, 5) is 13.7. The topological polar surface area (TPSA) is 22.0 Å². The van der Waals surface area contributed by atoms with E-state index in [9.17, 15) is 18.0 Å². The van der Waals surface area contributed by atoms with Crippen LogP contribution in [0.5, 0.6) is 0 Å². The Morgan fingerprint density at radius 2 is 1.81 bits per heavy atom. The number of aryl methyl sites for hydroxylation is 1. The van der Waals surface area contributed by atoms with Crippen molar-refractivity contribution in [3.63, 3.8) is 0 Å². The average Bonchev–Trinajstić information content (AvgIpc) is 2.58. The van der Waals surface area contributed by atoms with Gasteiger partial charge in [0.25, 0.3) is 0 Å². The van der Waals surface area contributed by atoms with E-state index in [1.54, 1.807) is 30.1 Å². The molecule has 1 saturated carbocycles. The van der Waals surface area contributed by atoms with Crippen LogP contribution in [0.3, 0.4) is 0 Å². The Bertz CT molecular complexity index is 866. The van der Waals surface area contributed by atoms with E-state index < -0.39 is 11.7 Å². The quantitative estimate of drug-likeness (QED) is 0.379. The van der Waals surface area contributed by atoms with Gasteiger partial charge in [-0.15, -0.1) is 17.0 Å². The van der Waals surface area contributed by atoms with Gasteiger partial charge in [-0.2, -0.15) is 13.2 Å². The second-order valence-electron chi connectivity index (χ2n) is 6.74. The molecular weight excluding hydrogens is 555 g/mol. The number of hydrogen-bond acceptors (Lipinski definition) is 1. The van der Waals surface area contributed by atoms with Gasteiger partial charge in [0, 0.05) is 40.2 Å². The van der Waals surface area contributed by atoms with Crippen molar-refractivity contribution in [3.8, 4) is 11.1 Å². The number of pyridine rings is 1. The summed E-state index contributed by atoms with van der Waals surface area (Å²) in [5, 5.41) is 0. The first-order valence-electron chi connectivity index (χ1n) is 8.32. The molecule has 27 heavy (non-hydrogen) atoms. The molecule has 2 aromatic rings. The molecule has 0 N–H and O–H groups in total. The van der Waals surface area contributed by atoms with Gasteiger partial charge in [-0.3, -0.25) is 4.79 Å². The summed E-state index contributed by atoms with van der Waals surface area (Å²) in [5.41, 5.74) is 0.351. The molecule has 0 amide bonds. The van der Waals surface area contributed by atoms with Crippen molar-refractivity contribution in [1.82, 2.24) is 4.57 Å². The molecule has 1 aromatic heterocycles. The lowest BCUT2D eigenvalue weighted by atomic mass is 9.83. The molecule has 2 nitrogen and oxygen atoms in total. The van der Waals surface area contributed by atoms with Gasteiger partial charge in [-0.25, -0.2) is 0 Å². The maximum Gasteiger partial charge on any atom is 0.416 e. The van der Waals surface area contributed by atoms with Crippen LogP contribution in [-0.2, 0) is 13.2 Å². The zero-order valence-corrected chi connectivity index (χ0v) is 19.4. The summed E-state index contributed by atoms with van der Waals surface area (Å²) in [6, 6.07) is 4.96. The minimum absolute atomic E-state index is 0. The maximum atomic E-state index is 13.0. The summed E-state index contributed by atoms with van der Waals surface area (Å²) in [6.07, 6.45) is 1.60. The van der Waals surface area contributed by atoms with Gasteiger partial charge in [-0.1, -0.05) is 44.0 Å². The number of aromatic nitrogens is 1. The van der Waals surface area contributed by atoms with Gasteiger partial charge >= 0.3 is 6.18 Å². The second kappa shape index (κ2) is 8.82. The lowest BCUT2D eigenvalue weighted by molar-refractivity contribution is -0.137. The molecule has 0 bridgehead atoms. The fourth-order valence-electron chi connectivity index (χ4n) is 3.45. The van der Waals surface area contributed by atoms with Crippen LogP contribution in [0.4, 0.5) is 13.2 Å². The fourth-order valence-corrected chi connectivity index (χ4v) is 4.65. The van der Waals surface area contributed by atoms with E-state index in [1.165, 1.54) is 6.07 Å². The summed E-state index contributed by atoms with van der Waals surface area (Å²) < 4.78 is 40.8. The summed E-state index contributed by atoms with van der Waals surface area (Å²) in [5.74, 6) is 0.0950. The zero-order valence-electron chi connectivity index (χ0n) is 14.5. The number of alkyl halides is 5. The molecule has 0 spiro atoms. The van der Waals surface area contributed by atoms with E-state index in [0.29, 0.717) is 21.5 Å². The highest BCUT2D eigenvalue weighted by molar-refractivity contribution is 9.12. The molecule has 1 fully saturated rings. The SMILES string of the molecule is Br.Cn1cc(-c2cccc(C(F)(F)F)c2)c(=O)c(C2CCC(Br)C(Br)C2)c1. The molecule has 3 unspecified atom stereocenters. The van der Waals surface area contributed by atoms with E-state index in [-0.39, 0.29) is 33.2 Å². The van der Waals surface area contributed by atoms with Gasteiger partial charge in [0.15, 0.2) is 5.43 Å².